The fourth-order valence-corrected chi connectivity index (χ4v) is 3.37. The van der Waals surface area contributed by atoms with Crippen molar-refractivity contribution in [3.63, 3.8) is 0 Å². The highest BCUT2D eigenvalue weighted by Gasteiger charge is 2.41. The Morgan fingerprint density at radius 2 is 2.12 bits per heavy atom. The summed E-state index contributed by atoms with van der Waals surface area (Å²) in [6.45, 7) is 4.40. The van der Waals surface area contributed by atoms with Gasteiger partial charge in [0, 0.05) is 5.02 Å². The normalized spacial score (nSPS) is 29.6. The average molecular weight is 253 g/mol. The Labute approximate surface area is 109 Å². The topological polar surface area (TPSA) is 20.2 Å². The third-order valence-corrected chi connectivity index (χ3v) is 4.30. The molecular formula is C15H21ClO. The zero-order valence-corrected chi connectivity index (χ0v) is 11.4. The van der Waals surface area contributed by atoms with Crippen molar-refractivity contribution in [3.8, 4) is 0 Å². The lowest BCUT2D eigenvalue weighted by Crippen LogP contribution is -2.40. The van der Waals surface area contributed by atoms with Crippen molar-refractivity contribution in [2.24, 2.45) is 11.8 Å². The molecule has 0 bridgehead atoms. The molecule has 17 heavy (non-hydrogen) atoms. The third kappa shape index (κ3) is 2.51. The molecule has 2 unspecified atom stereocenters. The first-order valence-electron chi connectivity index (χ1n) is 6.52. The number of rotatable bonds is 2. The number of benzene rings is 1. The standard InChI is InChI=1S/C15H21ClO/c1-11(2)14-8-3-4-9-15(14,17)12-6-5-7-13(16)10-12/h5-7,10-11,14,17H,3-4,8-9H2,1-2H3. The van der Waals surface area contributed by atoms with Gasteiger partial charge in [-0.2, -0.15) is 0 Å². The molecule has 1 aliphatic rings. The van der Waals surface area contributed by atoms with E-state index in [1.54, 1.807) is 0 Å². The molecule has 0 amide bonds. The van der Waals surface area contributed by atoms with E-state index in [9.17, 15) is 5.11 Å². The van der Waals surface area contributed by atoms with Crippen molar-refractivity contribution >= 4 is 11.6 Å². The van der Waals surface area contributed by atoms with Crippen LogP contribution in [0.25, 0.3) is 0 Å². The maximum absolute atomic E-state index is 11.0. The lowest BCUT2D eigenvalue weighted by Gasteiger charge is -2.42. The number of hydrogen-bond acceptors (Lipinski definition) is 1. The quantitative estimate of drug-likeness (QED) is 0.829. The summed E-state index contributed by atoms with van der Waals surface area (Å²) in [6.07, 6.45) is 4.30. The largest absolute Gasteiger partial charge is 0.385 e. The first-order chi connectivity index (χ1) is 8.04. The summed E-state index contributed by atoms with van der Waals surface area (Å²) >= 11 is 6.04. The molecule has 0 aromatic heterocycles. The van der Waals surface area contributed by atoms with Crippen LogP contribution in [0.5, 0.6) is 0 Å². The van der Waals surface area contributed by atoms with E-state index in [1.165, 1.54) is 6.42 Å². The molecule has 0 heterocycles. The monoisotopic (exact) mass is 252 g/mol. The molecular weight excluding hydrogens is 232 g/mol. The highest BCUT2D eigenvalue weighted by molar-refractivity contribution is 6.30. The van der Waals surface area contributed by atoms with Crippen LogP contribution >= 0.6 is 11.6 Å². The van der Waals surface area contributed by atoms with Crippen LogP contribution < -0.4 is 0 Å². The molecule has 1 saturated carbocycles. The molecule has 0 spiro atoms. The van der Waals surface area contributed by atoms with Crippen molar-refractivity contribution < 1.29 is 5.11 Å². The van der Waals surface area contributed by atoms with Gasteiger partial charge in [0.05, 0.1) is 5.60 Å². The maximum atomic E-state index is 11.0. The van der Waals surface area contributed by atoms with Gasteiger partial charge in [-0.05, 0) is 42.4 Å². The van der Waals surface area contributed by atoms with Crippen LogP contribution in [0.4, 0.5) is 0 Å². The van der Waals surface area contributed by atoms with Crippen LogP contribution in [0.15, 0.2) is 24.3 Å². The Bertz CT molecular complexity index is 388. The molecule has 0 aliphatic heterocycles. The third-order valence-electron chi connectivity index (χ3n) is 4.07. The minimum Gasteiger partial charge on any atom is -0.385 e. The van der Waals surface area contributed by atoms with Crippen LogP contribution in [0.3, 0.4) is 0 Å². The molecule has 1 aliphatic carbocycles. The average Bonchev–Trinajstić information content (AvgIpc) is 2.29. The molecule has 94 valence electrons. The van der Waals surface area contributed by atoms with E-state index in [0.29, 0.717) is 16.9 Å². The first-order valence-corrected chi connectivity index (χ1v) is 6.90. The molecule has 1 fully saturated rings. The molecule has 0 radical (unpaired) electrons. The molecule has 1 N–H and O–H groups in total. The lowest BCUT2D eigenvalue weighted by atomic mass is 9.67. The molecule has 2 heteroatoms. The second-order valence-electron chi connectivity index (χ2n) is 5.53. The fourth-order valence-electron chi connectivity index (χ4n) is 3.18. The van der Waals surface area contributed by atoms with E-state index in [4.69, 9.17) is 11.6 Å². The summed E-state index contributed by atoms with van der Waals surface area (Å²) in [5.74, 6) is 0.842. The predicted molar refractivity (Wildman–Crippen MR) is 72.1 cm³/mol. The van der Waals surface area contributed by atoms with Gasteiger partial charge in [0.2, 0.25) is 0 Å². The van der Waals surface area contributed by atoms with E-state index in [-0.39, 0.29) is 0 Å². The van der Waals surface area contributed by atoms with Gasteiger partial charge in [0.25, 0.3) is 0 Å². The maximum Gasteiger partial charge on any atom is 0.0927 e. The predicted octanol–water partition coefficient (Wildman–Crippen LogP) is 4.37. The van der Waals surface area contributed by atoms with Crippen molar-refractivity contribution in [1.29, 1.82) is 0 Å². The molecule has 1 aromatic rings. The summed E-state index contributed by atoms with van der Waals surface area (Å²) in [5, 5.41) is 11.8. The summed E-state index contributed by atoms with van der Waals surface area (Å²) in [5.41, 5.74) is 0.306. The highest BCUT2D eigenvalue weighted by Crippen LogP contribution is 2.45. The lowest BCUT2D eigenvalue weighted by molar-refractivity contribution is -0.0721. The SMILES string of the molecule is CC(C)C1CCCCC1(O)c1cccc(Cl)c1. The van der Waals surface area contributed by atoms with Crippen LogP contribution in [-0.4, -0.2) is 5.11 Å². The Morgan fingerprint density at radius 3 is 2.76 bits per heavy atom. The molecule has 1 aromatic carbocycles. The molecule has 2 atom stereocenters. The van der Waals surface area contributed by atoms with E-state index >= 15 is 0 Å². The number of aliphatic hydroxyl groups is 1. The van der Waals surface area contributed by atoms with Gasteiger partial charge in [0.1, 0.15) is 0 Å². The van der Waals surface area contributed by atoms with Gasteiger partial charge >= 0.3 is 0 Å². The van der Waals surface area contributed by atoms with Gasteiger partial charge in [-0.1, -0.05) is 50.4 Å². The molecule has 0 saturated heterocycles. The first kappa shape index (κ1) is 12.9. The van der Waals surface area contributed by atoms with Crippen LogP contribution in [0, 0.1) is 11.8 Å². The number of halogens is 1. The molecule has 2 rings (SSSR count). The van der Waals surface area contributed by atoms with E-state index in [1.807, 2.05) is 24.3 Å². The van der Waals surface area contributed by atoms with Crippen molar-refractivity contribution in [2.45, 2.75) is 45.1 Å². The zero-order chi connectivity index (χ0) is 12.5. The fraction of sp³-hybridized carbons (Fsp3) is 0.600. The summed E-state index contributed by atoms with van der Waals surface area (Å²) in [6, 6.07) is 7.72. The van der Waals surface area contributed by atoms with Crippen LogP contribution in [0.2, 0.25) is 5.02 Å². The minimum absolute atomic E-state index is 0.342. The van der Waals surface area contributed by atoms with Crippen LogP contribution in [-0.2, 0) is 5.60 Å². The Balaban J connectivity index is 2.37. The van der Waals surface area contributed by atoms with E-state index < -0.39 is 5.60 Å². The minimum atomic E-state index is -0.683. The summed E-state index contributed by atoms with van der Waals surface area (Å²) < 4.78 is 0. The Morgan fingerprint density at radius 1 is 1.35 bits per heavy atom. The van der Waals surface area contributed by atoms with E-state index in [0.717, 1.165) is 24.8 Å². The van der Waals surface area contributed by atoms with E-state index in [2.05, 4.69) is 13.8 Å². The zero-order valence-electron chi connectivity index (χ0n) is 10.6. The van der Waals surface area contributed by atoms with Crippen molar-refractivity contribution in [1.82, 2.24) is 0 Å². The second kappa shape index (κ2) is 4.99. The smallest absolute Gasteiger partial charge is 0.0927 e. The van der Waals surface area contributed by atoms with Crippen molar-refractivity contribution in [2.75, 3.05) is 0 Å². The summed E-state index contributed by atoms with van der Waals surface area (Å²) in [7, 11) is 0. The van der Waals surface area contributed by atoms with Gasteiger partial charge < -0.3 is 5.11 Å². The Hall–Kier alpha value is -0.530. The van der Waals surface area contributed by atoms with Gasteiger partial charge in [-0.15, -0.1) is 0 Å². The second-order valence-corrected chi connectivity index (χ2v) is 5.97. The van der Waals surface area contributed by atoms with Gasteiger partial charge in [-0.3, -0.25) is 0 Å². The highest BCUT2D eigenvalue weighted by atomic mass is 35.5. The van der Waals surface area contributed by atoms with Gasteiger partial charge in [-0.25, -0.2) is 0 Å². The summed E-state index contributed by atoms with van der Waals surface area (Å²) in [4.78, 5) is 0. The Kier molecular flexibility index (Phi) is 3.79. The van der Waals surface area contributed by atoms with Gasteiger partial charge in [0.15, 0.2) is 0 Å². The number of hydrogen-bond donors (Lipinski definition) is 1. The molecule has 1 nitrogen and oxygen atoms in total. The van der Waals surface area contributed by atoms with Crippen molar-refractivity contribution in [3.05, 3.63) is 34.9 Å². The van der Waals surface area contributed by atoms with Crippen LogP contribution in [0.1, 0.15) is 45.1 Å².